The summed E-state index contributed by atoms with van der Waals surface area (Å²) in [7, 11) is 0. The summed E-state index contributed by atoms with van der Waals surface area (Å²) in [5.41, 5.74) is 1.09. The smallest absolute Gasteiger partial charge is 0.261 e. The predicted molar refractivity (Wildman–Crippen MR) is 87.4 cm³/mol. The third-order valence-electron chi connectivity index (χ3n) is 2.92. The highest BCUT2D eigenvalue weighted by Gasteiger charge is 2.08. The summed E-state index contributed by atoms with van der Waals surface area (Å²) in [6, 6.07) is 9.58. The fourth-order valence-electron chi connectivity index (χ4n) is 1.89. The van der Waals surface area contributed by atoms with E-state index in [1.807, 2.05) is 6.07 Å². The summed E-state index contributed by atoms with van der Waals surface area (Å²) in [5, 5.41) is 2.91. The van der Waals surface area contributed by atoms with Crippen molar-refractivity contribution in [3.8, 4) is 10.4 Å². The Bertz CT molecular complexity index is 731. The zero-order valence-corrected chi connectivity index (χ0v) is 13.4. The molecule has 0 saturated carbocycles. The van der Waals surface area contributed by atoms with E-state index >= 15 is 0 Å². The number of thiophene rings is 2. The predicted octanol–water partition coefficient (Wildman–Crippen LogP) is 4.70. The third-order valence-corrected chi connectivity index (χ3v) is 5.35. The van der Waals surface area contributed by atoms with Gasteiger partial charge < -0.3 is 9.73 Å². The summed E-state index contributed by atoms with van der Waals surface area (Å²) in [6.07, 6.45) is 4.21. The largest absolute Gasteiger partial charge is 0.472 e. The average Bonchev–Trinajstić information content (AvgIpc) is 3.19. The summed E-state index contributed by atoms with van der Waals surface area (Å²) in [5.74, 6) is -0.0708. The molecule has 0 saturated heterocycles. The Morgan fingerprint density at radius 3 is 2.81 bits per heavy atom. The maximum absolute atomic E-state index is 11.9. The van der Waals surface area contributed by atoms with Gasteiger partial charge in [-0.3, -0.25) is 4.79 Å². The molecule has 0 atom stereocenters. The fraction of sp³-hybridized carbons (Fsp3) is 0.133. The number of carbonyl (C=O) groups excluding carboxylic acids is 1. The van der Waals surface area contributed by atoms with Crippen LogP contribution in [0.3, 0.4) is 0 Å². The van der Waals surface area contributed by atoms with Crippen LogP contribution in [0, 0.1) is 0 Å². The van der Waals surface area contributed by atoms with E-state index in [1.54, 1.807) is 36.0 Å². The van der Waals surface area contributed by atoms with Crippen LogP contribution < -0.4 is 5.32 Å². The van der Waals surface area contributed by atoms with Crippen molar-refractivity contribution >= 4 is 40.2 Å². The van der Waals surface area contributed by atoms with Crippen LogP contribution in [-0.4, -0.2) is 12.5 Å². The molecule has 6 heteroatoms. The Labute approximate surface area is 135 Å². The van der Waals surface area contributed by atoms with E-state index < -0.39 is 0 Å². The SMILES string of the molecule is O=C(NCCc1ccc(-c2ccoc2)s1)c1ccc(Cl)s1. The molecule has 3 aromatic rings. The molecule has 0 aliphatic rings. The van der Waals surface area contributed by atoms with E-state index in [0.29, 0.717) is 15.8 Å². The van der Waals surface area contributed by atoms with Gasteiger partial charge in [0.1, 0.15) is 0 Å². The van der Waals surface area contributed by atoms with Crippen LogP contribution in [0.2, 0.25) is 4.34 Å². The minimum atomic E-state index is -0.0708. The molecule has 3 nitrogen and oxygen atoms in total. The number of amides is 1. The number of furan rings is 1. The molecule has 0 spiro atoms. The lowest BCUT2D eigenvalue weighted by Crippen LogP contribution is -2.24. The van der Waals surface area contributed by atoms with Gasteiger partial charge in [0, 0.05) is 21.9 Å². The molecule has 21 heavy (non-hydrogen) atoms. The van der Waals surface area contributed by atoms with Gasteiger partial charge in [0.05, 0.1) is 21.7 Å². The molecular weight excluding hydrogens is 326 g/mol. The van der Waals surface area contributed by atoms with Crippen molar-refractivity contribution in [2.24, 2.45) is 0 Å². The van der Waals surface area contributed by atoms with Crippen LogP contribution in [0.25, 0.3) is 10.4 Å². The standard InChI is InChI=1S/C15H12ClNO2S2/c16-14-4-3-13(21-14)15(18)17-7-5-11-1-2-12(20-11)10-6-8-19-9-10/h1-4,6,8-9H,5,7H2,(H,17,18). The zero-order valence-electron chi connectivity index (χ0n) is 11.0. The van der Waals surface area contributed by atoms with E-state index in [9.17, 15) is 4.79 Å². The van der Waals surface area contributed by atoms with Gasteiger partial charge in [-0.1, -0.05) is 11.6 Å². The first kappa shape index (κ1) is 14.4. The lowest BCUT2D eigenvalue weighted by Gasteiger charge is -2.01. The fourth-order valence-corrected chi connectivity index (χ4v) is 3.85. The Kier molecular flexibility index (Phi) is 4.43. The molecule has 3 rings (SSSR count). The Hall–Kier alpha value is -1.56. The van der Waals surface area contributed by atoms with E-state index in [4.69, 9.17) is 16.0 Å². The molecule has 1 N–H and O–H groups in total. The monoisotopic (exact) mass is 337 g/mol. The van der Waals surface area contributed by atoms with Crippen LogP contribution in [-0.2, 0) is 6.42 Å². The van der Waals surface area contributed by atoms with E-state index in [-0.39, 0.29) is 5.91 Å². The molecule has 0 radical (unpaired) electrons. The second kappa shape index (κ2) is 6.47. The van der Waals surface area contributed by atoms with Gasteiger partial charge in [-0.2, -0.15) is 0 Å². The van der Waals surface area contributed by atoms with Crippen LogP contribution in [0.1, 0.15) is 14.5 Å². The number of hydrogen-bond acceptors (Lipinski definition) is 4. The molecule has 3 heterocycles. The van der Waals surface area contributed by atoms with Gasteiger partial charge in [0.25, 0.3) is 5.91 Å². The summed E-state index contributed by atoms with van der Waals surface area (Å²) in [4.78, 5) is 14.9. The van der Waals surface area contributed by atoms with Crippen molar-refractivity contribution in [3.63, 3.8) is 0 Å². The van der Waals surface area contributed by atoms with Crippen molar-refractivity contribution in [3.05, 3.63) is 56.9 Å². The summed E-state index contributed by atoms with van der Waals surface area (Å²) < 4.78 is 5.71. The van der Waals surface area contributed by atoms with Crippen molar-refractivity contribution < 1.29 is 9.21 Å². The second-order valence-corrected chi connectivity index (χ2v) is 7.27. The molecule has 0 aliphatic heterocycles. The number of halogens is 1. The van der Waals surface area contributed by atoms with Gasteiger partial charge in [-0.05, 0) is 36.8 Å². The first-order chi connectivity index (χ1) is 10.2. The van der Waals surface area contributed by atoms with Crippen LogP contribution in [0.4, 0.5) is 0 Å². The van der Waals surface area contributed by atoms with E-state index in [1.165, 1.54) is 21.1 Å². The summed E-state index contributed by atoms with van der Waals surface area (Å²) in [6.45, 7) is 0.611. The normalized spacial score (nSPS) is 10.7. The first-order valence-electron chi connectivity index (χ1n) is 6.37. The van der Waals surface area contributed by atoms with Gasteiger partial charge in [0.2, 0.25) is 0 Å². The Morgan fingerprint density at radius 1 is 1.19 bits per heavy atom. The first-order valence-corrected chi connectivity index (χ1v) is 8.38. The Balaban J connectivity index is 1.53. The van der Waals surface area contributed by atoms with Crippen molar-refractivity contribution in [2.75, 3.05) is 6.54 Å². The topological polar surface area (TPSA) is 42.2 Å². The Morgan fingerprint density at radius 2 is 2.10 bits per heavy atom. The molecule has 3 aromatic heterocycles. The van der Waals surface area contributed by atoms with E-state index in [2.05, 4.69) is 17.4 Å². The van der Waals surface area contributed by atoms with Crippen molar-refractivity contribution in [1.29, 1.82) is 0 Å². The molecule has 0 unspecified atom stereocenters. The highest BCUT2D eigenvalue weighted by atomic mass is 35.5. The van der Waals surface area contributed by atoms with Crippen molar-refractivity contribution in [1.82, 2.24) is 5.32 Å². The average molecular weight is 338 g/mol. The number of rotatable bonds is 5. The van der Waals surface area contributed by atoms with Gasteiger partial charge in [-0.25, -0.2) is 0 Å². The molecule has 0 fully saturated rings. The molecule has 0 bridgehead atoms. The van der Waals surface area contributed by atoms with Crippen molar-refractivity contribution in [2.45, 2.75) is 6.42 Å². The van der Waals surface area contributed by atoms with Crippen LogP contribution in [0.5, 0.6) is 0 Å². The summed E-state index contributed by atoms with van der Waals surface area (Å²) >= 11 is 8.82. The molecule has 0 aromatic carbocycles. The molecule has 1 amide bonds. The highest BCUT2D eigenvalue weighted by molar-refractivity contribution is 7.18. The minimum Gasteiger partial charge on any atom is -0.472 e. The molecule has 108 valence electrons. The van der Waals surface area contributed by atoms with Gasteiger partial charge in [0.15, 0.2) is 0 Å². The second-order valence-electron chi connectivity index (χ2n) is 4.39. The lowest BCUT2D eigenvalue weighted by molar-refractivity contribution is 0.0958. The number of hydrogen-bond donors (Lipinski definition) is 1. The quantitative estimate of drug-likeness (QED) is 0.733. The van der Waals surface area contributed by atoms with E-state index in [0.717, 1.165) is 12.0 Å². The minimum absolute atomic E-state index is 0.0708. The maximum atomic E-state index is 11.9. The number of carbonyl (C=O) groups is 1. The lowest BCUT2D eigenvalue weighted by atomic mass is 10.3. The maximum Gasteiger partial charge on any atom is 0.261 e. The number of nitrogens with one attached hydrogen (secondary N) is 1. The van der Waals surface area contributed by atoms with Crippen LogP contribution >= 0.6 is 34.3 Å². The molecule has 0 aliphatic carbocycles. The van der Waals surface area contributed by atoms with Gasteiger partial charge >= 0.3 is 0 Å². The molecular formula is C15H12ClNO2S2. The highest BCUT2D eigenvalue weighted by Crippen LogP contribution is 2.28. The van der Waals surface area contributed by atoms with Crippen LogP contribution in [0.15, 0.2) is 47.3 Å². The zero-order chi connectivity index (χ0) is 14.7. The third kappa shape index (κ3) is 3.56. The van der Waals surface area contributed by atoms with Gasteiger partial charge in [-0.15, -0.1) is 22.7 Å².